The van der Waals surface area contributed by atoms with Crippen LogP contribution in [0, 0.1) is 0 Å². The summed E-state index contributed by atoms with van der Waals surface area (Å²) in [5, 5.41) is 1.08. The highest BCUT2D eigenvalue weighted by Gasteiger charge is 2.20. The quantitative estimate of drug-likeness (QED) is 0.525. The monoisotopic (exact) mass is 284 g/mol. The Bertz CT molecular complexity index is 1040. The molecule has 0 amide bonds. The van der Waals surface area contributed by atoms with E-state index in [1.165, 1.54) is 0 Å². The van der Waals surface area contributed by atoms with Crippen molar-refractivity contribution in [2.75, 3.05) is 0 Å². The molecular weight excluding hydrogens is 272 g/mol. The number of fused-ring (bicyclic) bond motifs is 1. The maximum absolute atomic E-state index is 12.1. The molecule has 4 aromatic rings. The first kappa shape index (κ1) is 12.7. The summed E-state index contributed by atoms with van der Waals surface area (Å²) in [6.07, 6.45) is 0. The van der Waals surface area contributed by atoms with Crippen LogP contribution in [0.3, 0.4) is 0 Å². The van der Waals surface area contributed by atoms with Crippen molar-refractivity contribution in [3.63, 3.8) is 0 Å². The standard InChI is InChI=1S/C20H12O2/c21-19-16-12-11-15(13-7-3-1-4-8-13)17(18(16)20(19)22)14-9-5-2-6-10-14/h1-12H. The second-order valence-corrected chi connectivity index (χ2v) is 5.30. The Balaban J connectivity index is 2.13. The van der Waals surface area contributed by atoms with Gasteiger partial charge < -0.3 is 0 Å². The highest BCUT2D eigenvalue weighted by Crippen LogP contribution is 2.36. The molecule has 0 saturated carbocycles. The lowest BCUT2D eigenvalue weighted by molar-refractivity contribution is 1.51. The van der Waals surface area contributed by atoms with Crippen LogP contribution < -0.4 is 10.9 Å². The minimum Gasteiger partial charge on any atom is -0.285 e. The summed E-state index contributed by atoms with van der Waals surface area (Å²) in [4.78, 5) is 23.8. The first-order valence-corrected chi connectivity index (χ1v) is 7.14. The van der Waals surface area contributed by atoms with Crippen LogP contribution in [0.1, 0.15) is 0 Å². The summed E-state index contributed by atoms with van der Waals surface area (Å²) in [6.45, 7) is 0. The molecule has 0 fully saturated rings. The second kappa shape index (κ2) is 4.78. The van der Waals surface area contributed by atoms with Gasteiger partial charge in [0.05, 0.1) is 0 Å². The third kappa shape index (κ3) is 1.74. The number of hydrogen-bond donors (Lipinski definition) is 0. The van der Waals surface area contributed by atoms with E-state index in [0.717, 1.165) is 22.3 Å². The minimum atomic E-state index is -0.383. The van der Waals surface area contributed by atoms with E-state index in [9.17, 15) is 9.59 Å². The van der Waals surface area contributed by atoms with Crippen LogP contribution in [0.2, 0.25) is 0 Å². The Kier molecular flexibility index (Phi) is 2.76. The largest absolute Gasteiger partial charge is 0.285 e. The molecule has 0 aliphatic rings. The van der Waals surface area contributed by atoms with Crippen molar-refractivity contribution < 1.29 is 0 Å². The van der Waals surface area contributed by atoms with E-state index in [-0.39, 0.29) is 10.9 Å². The molecule has 0 spiro atoms. The van der Waals surface area contributed by atoms with Gasteiger partial charge in [-0.05, 0) is 22.8 Å². The average Bonchev–Trinajstić information content (AvgIpc) is 2.61. The normalized spacial score (nSPS) is 11.1. The summed E-state index contributed by atoms with van der Waals surface area (Å²) in [5.74, 6) is 0. The van der Waals surface area contributed by atoms with E-state index in [0.29, 0.717) is 10.8 Å². The summed E-state index contributed by atoms with van der Waals surface area (Å²) in [5.41, 5.74) is 3.06. The van der Waals surface area contributed by atoms with Crippen molar-refractivity contribution >= 4 is 10.8 Å². The van der Waals surface area contributed by atoms with Gasteiger partial charge in [-0.1, -0.05) is 66.7 Å². The molecule has 0 aliphatic carbocycles. The topological polar surface area (TPSA) is 34.1 Å². The molecule has 4 rings (SSSR count). The molecule has 2 heteroatoms. The highest BCUT2D eigenvalue weighted by molar-refractivity contribution is 6.06. The van der Waals surface area contributed by atoms with Gasteiger partial charge in [0.2, 0.25) is 10.9 Å². The summed E-state index contributed by atoms with van der Waals surface area (Å²) < 4.78 is 0. The van der Waals surface area contributed by atoms with Crippen molar-refractivity contribution in [1.82, 2.24) is 0 Å². The van der Waals surface area contributed by atoms with Gasteiger partial charge in [-0.15, -0.1) is 0 Å². The zero-order valence-corrected chi connectivity index (χ0v) is 11.7. The van der Waals surface area contributed by atoms with E-state index in [2.05, 4.69) is 0 Å². The van der Waals surface area contributed by atoms with Gasteiger partial charge >= 0.3 is 0 Å². The number of benzene rings is 3. The molecule has 0 bridgehead atoms. The van der Waals surface area contributed by atoms with Gasteiger partial charge in [-0.2, -0.15) is 0 Å². The first-order chi connectivity index (χ1) is 10.8. The van der Waals surface area contributed by atoms with Gasteiger partial charge in [-0.25, -0.2) is 0 Å². The predicted molar refractivity (Wildman–Crippen MR) is 89.7 cm³/mol. The summed E-state index contributed by atoms with van der Waals surface area (Å²) in [6, 6.07) is 23.4. The molecule has 0 aromatic heterocycles. The molecule has 2 nitrogen and oxygen atoms in total. The second-order valence-electron chi connectivity index (χ2n) is 5.30. The molecule has 104 valence electrons. The average molecular weight is 284 g/mol. The Morgan fingerprint density at radius 3 is 1.77 bits per heavy atom. The molecule has 0 unspecified atom stereocenters. The van der Waals surface area contributed by atoms with Crippen molar-refractivity contribution in [2.24, 2.45) is 0 Å². The van der Waals surface area contributed by atoms with Crippen LogP contribution in [-0.4, -0.2) is 0 Å². The molecular formula is C20H12O2. The number of rotatable bonds is 2. The van der Waals surface area contributed by atoms with E-state index in [1.54, 1.807) is 6.07 Å². The van der Waals surface area contributed by atoms with Crippen LogP contribution in [0.4, 0.5) is 0 Å². The Morgan fingerprint density at radius 2 is 1.14 bits per heavy atom. The van der Waals surface area contributed by atoms with Crippen LogP contribution in [-0.2, 0) is 0 Å². The van der Waals surface area contributed by atoms with E-state index >= 15 is 0 Å². The molecule has 0 saturated heterocycles. The van der Waals surface area contributed by atoms with E-state index in [4.69, 9.17) is 0 Å². The Morgan fingerprint density at radius 1 is 0.545 bits per heavy atom. The minimum absolute atomic E-state index is 0.383. The molecule has 4 aromatic carbocycles. The lowest BCUT2D eigenvalue weighted by atomic mass is 9.87. The maximum Gasteiger partial charge on any atom is 0.234 e. The fourth-order valence-electron chi connectivity index (χ4n) is 2.96. The van der Waals surface area contributed by atoms with Gasteiger partial charge in [-0.3, -0.25) is 9.59 Å². The molecule has 0 heterocycles. The lowest BCUT2D eigenvalue weighted by Gasteiger charge is -2.14. The van der Waals surface area contributed by atoms with Crippen LogP contribution in [0.15, 0.2) is 82.4 Å². The molecule has 0 radical (unpaired) electrons. The molecule has 22 heavy (non-hydrogen) atoms. The maximum atomic E-state index is 12.1. The van der Waals surface area contributed by atoms with E-state index < -0.39 is 0 Å². The van der Waals surface area contributed by atoms with E-state index in [1.807, 2.05) is 66.7 Å². The third-order valence-corrected chi connectivity index (χ3v) is 4.03. The zero-order chi connectivity index (χ0) is 15.1. The molecule has 0 N–H and O–H groups in total. The molecule has 0 aliphatic heterocycles. The Hall–Kier alpha value is -3.00. The van der Waals surface area contributed by atoms with Gasteiger partial charge in [0.1, 0.15) is 0 Å². The number of hydrogen-bond acceptors (Lipinski definition) is 2. The Labute approximate surface area is 127 Å². The van der Waals surface area contributed by atoms with Gasteiger partial charge in [0.25, 0.3) is 0 Å². The SMILES string of the molecule is O=c1c(=O)c2c(-c3ccccc3)c(-c3ccccc3)ccc12. The van der Waals surface area contributed by atoms with Gasteiger partial charge in [0.15, 0.2) is 0 Å². The van der Waals surface area contributed by atoms with Crippen LogP contribution >= 0.6 is 0 Å². The summed E-state index contributed by atoms with van der Waals surface area (Å²) >= 11 is 0. The smallest absolute Gasteiger partial charge is 0.234 e. The summed E-state index contributed by atoms with van der Waals surface area (Å²) in [7, 11) is 0. The molecule has 0 atom stereocenters. The zero-order valence-electron chi connectivity index (χ0n) is 11.7. The van der Waals surface area contributed by atoms with Crippen molar-refractivity contribution in [3.05, 3.63) is 93.2 Å². The lowest BCUT2D eigenvalue weighted by Crippen LogP contribution is -2.31. The third-order valence-electron chi connectivity index (χ3n) is 4.03. The van der Waals surface area contributed by atoms with Crippen molar-refractivity contribution in [1.29, 1.82) is 0 Å². The fraction of sp³-hybridized carbons (Fsp3) is 0. The first-order valence-electron chi connectivity index (χ1n) is 7.14. The van der Waals surface area contributed by atoms with Crippen molar-refractivity contribution in [3.8, 4) is 22.3 Å². The fourth-order valence-corrected chi connectivity index (χ4v) is 2.96. The van der Waals surface area contributed by atoms with Crippen LogP contribution in [0.5, 0.6) is 0 Å². The van der Waals surface area contributed by atoms with Gasteiger partial charge in [0, 0.05) is 16.3 Å². The van der Waals surface area contributed by atoms with Crippen LogP contribution in [0.25, 0.3) is 33.0 Å². The van der Waals surface area contributed by atoms with Crippen molar-refractivity contribution in [2.45, 2.75) is 0 Å². The highest BCUT2D eigenvalue weighted by atomic mass is 16.2. The predicted octanol–water partition coefficient (Wildman–Crippen LogP) is 3.77.